The van der Waals surface area contributed by atoms with E-state index in [9.17, 15) is 4.79 Å². The van der Waals surface area contributed by atoms with Crippen molar-refractivity contribution in [1.29, 1.82) is 0 Å². The number of fused-ring (bicyclic) bond motifs is 1. The summed E-state index contributed by atoms with van der Waals surface area (Å²) in [4.78, 5) is 16.3. The smallest absolute Gasteiger partial charge is 0.252 e. The van der Waals surface area contributed by atoms with Crippen LogP contribution in [-0.4, -0.2) is 43.1 Å². The topological polar surface area (TPSA) is 70.5 Å². The number of hydrogen-bond acceptors (Lipinski definition) is 2. The lowest BCUT2D eigenvalue weighted by atomic mass is 10.2. The molecule has 0 aliphatic rings. The zero-order valence-corrected chi connectivity index (χ0v) is 17.2. The monoisotopic (exact) mass is 411 g/mol. The molecule has 0 saturated carbocycles. The molecule has 0 aliphatic heterocycles. The van der Waals surface area contributed by atoms with E-state index < -0.39 is 0 Å². The normalized spacial score (nSPS) is 11.4. The lowest BCUT2D eigenvalue weighted by Crippen LogP contribution is -2.42. The maximum absolute atomic E-state index is 12.1. The summed E-state index contributed by atoms with van der Waals surface area (Å²) < 4.78 is 2.26. The summed E-state index contributed by atoms with van der Waals surface area (Å²) >= 11 is 6.04. The number of halogens is 1. The standard InChI is InChI=1S/C22H26ClN5O/c1-24-22(27-14-13-25-21(29)18-8-3-4-9-19(18)23)26-12-6-15-28-16-11-17-7-2-5-10-20(17)28/h2-5,7-11,16H,6,12-15H2,1H3,(H,25,29)(H2,24,26,27). The molecule has 0 radical (unpaired) electrons. The zero-order chi connectivity index (χ0) is 20.5. The van der Waals surface area contributed by atoms with Gasteiger partial charge in [-0.1, -0.05) is 41.9 Å². The number of guanidine groups is 1. The number of nitrogens with one attached hydrogen (secondary N) is 3. The molecule has 3 N–H and O–H groups in total. The molecular formula is C22H26ClN5O. The van der Waals surface area contributed by atoms with E-state index in [1.54, 1.807) is 31.3 Å². The summed E-state index contributed by atoms with van der Waals surface area (Å²) in [5.74, 6) is 0.536. The number of para-hydroxylation sites is 1. The van der Waals surface area contributed by atoms with E-state index in [0.29, 0.717) is 29.6 Å². The number of amides is 1. The Bertz CT molecular complexity index is 982. The average molecular weight is 412 g/mol. The number of aromatic nitrogens is 1. The lowest BCUT2D eigenvalue weighted by Gasteiger charge is -2.13. The predicted molar refractivity (Wildman–Crippen MR) is 120 cm³/mol. The Morgan fingerprint density at radius 1 is 0.966 bits per heavy atom. The Balaban J connectivity index is 1.34. The minimum Gasteiger partial charge on any atom is -0.356 e. The Labute approximate surface area is 176 Å². The number of rotatable bonds is 8. The van der Waals surface area contributed by atoms with Gasteiger partial charge in [0.15, 0.2) is 5.96 Å². The number of carbonyl (C=O) groups excluding carboxylic acids is 1. The van der Waals surface area contributed by atoms with E-state index in [4.69, 9.17) is 11.6 Å². The number of nitrogens with zero attached hydrogens (tertiary/aromatic N) is 2. The van der Waals surface area contributed by atoms with Crippen LogP contribution in [0.25, 0.3) is 10.9 Å². The summed E-state index contributed by atoms with van der Waals surface area (Å²) in [6, 6.07) is 17.5. The molecule has 1 aromatic heterocycles. The van der Waals surface area contributed by atoms with Crippen molar-refractivity contribution in [2.24, 2.45) is 4.99 Å². The molecule has 0 spiro atoms. The molecule has 0 fully saturated rings. The van der Waals surface area contributed by atoms with Crippen LogP contribution in [0.4, 0.5) is 0 Å². The van der Waals surface area contributed by atoms with Gasteiger partial charge < -0.3 is 20.5 Å². The molecule has 0 saturated heterocycles. The first-order valence-corrected chi connectivity index (χ1v) is 10.1. The van der Waals surface area contributed by atoms with E-state index in [-0.39, 0.29) is 5.91 Å². The molecule has 1 amide bonds. The van der Waals surface area contributed by atoms with Gasteiger partial charge in [-0.3, -0.25) is 9.79 Å². The third kappa shape index (κ3) is 5.74. The van der Waals surface area contributed by atoms with E-state index in [1.807, 2.05) is 0 Å². The summed E-state index contributed by atoms with van der Waals surface area (Å²) in [5.41, 5.74) is 1.73. The average Bonchev–Trinajstić information content (AvgIpc) is 3.16. The molecule has 2 aromatic carbocycles. The Kier molecular flexibility index (Phi) is 7.53. The Morgan fingerprint density at radius 2 is 1.69 bits per heavy atom. The number of hydrogen-bond donors (Lipinski definition) is 3. The van der Waals surface area contributed by atoms with Gasteiger partial charge in [0.25, 0.3) is 5.91 Å². The molecular weight excluding hydrogens is 386 g/mol. The maximum Gasteiger partial charge on any atom is 0.252 e. The summed E-state index contributed by atoms with van der Waals surface area (Å²) in [6.07, 6.45) is 3.10. The van der Waals surface area contributed by atoms with Crippen molar-refractivity contribution in [1.82, 2.24) is 20.5 Å². The van der Waals surface area contributed by atoms with Gasteiger partial charge in [0.1, 0.15) is 0 Å². The number of aliphatic imine (C=N–C) groups is 1. The van der Waals surface area contributed by atoms with Crippen LogP contribution >= 0.6 is 11.6 Å². The molecule has 0 unspecified atom stereocenters. The molecule has 6 nitrogen and oxygen atoms in total. The van der Waals surface area contributed by atoms with Crippen LogP contribution in [0.3, 0.4) is 0 Å². The fourth-order valence-corrected chi connectivity index (χ4v) is 3.33. The lowest BCUT2D eigenvalue weighted by molar-refractivity contribution is 0.0954. The van der Waals surface area contributed by atoms with Crippen LogP contribution in [0.5, 0.6) is 0 Å². The van der Waals surface area contributed by atoms with E-state index in [0.717, 1.165) is 19.5 Å². The quantitative estimate of drug-likeness (QED) is 0.302. The zero-order valence-electron chi connectivity index (χ0n) is 16.5. The van der Waals surface area contributed by atoms with Gasteiger partial charge in [-0.05, 0) is 36.1 Å². The molecule has 152 valence electrons. The van der Waals surface area contributed by atoms with Gasteiger partial charge in [-0.25, -0.2) is 0 Å². The number of carbonyl (C=O) groups is 1. The van der Waals surface area contributed by atoms with Crippen LogP contribution in [-0.2, 0) is 6.54 Å². The number of aryl methyl sites for hydroxylation is 1. The highest BCUT2D eigenvalue weighted by atomic mass is 35.5. The van der Waals surface area contributed by atoms with Gasteiger partial charge in [-0.15, -0.1) is 0 Å². The van der Waals surface area contributed by atoms with Crippen molar-refractivity contribution in [3.63, 3.8) is 0 Å². The highest BCUT2D eigenvalue weighted by Crippen LogP contribution is 2.15. The fourth-order valence-electron chi connectivity index (χ4n) is 3.11. The molecule has 3 rings (SSSR count). The third-order valence-electron chi connectivity index (χ3n) is 4.59. The Morgan fingerprint density at radius 3 is 2.52 bits per heavy atom. The second kappa shape index (κ2) is 10.5. The molecule has 0 bridgehead atoms. The maximum atomic E-state index is 12.1. The second-order valence-electron chi connectivity index (χ2n) is 6.58. The van der Waals surface area contributed by atoms with Crippen LogP contribution in [0.15, 0.2) is 65.8 Å². The van der Waals surface area contributed by atoms with Crippen molar-refractivity contribution >= 4 is 34.4 Å². The van der Waals surface area contributed by atoms with Gasteiger partial charge in [0.2, 0.25) is 0 Å². The first-order chi connectivity index (χ1) is 14.2. The van der Waals surface area contributed by atoms with E-state index in [1.165, 1.54) is 10.9 Å². The van der Waals surface area contributed by atoms with Crippen molar-refractivity contribution < 1.29 is 4.79 Å². The van der Waals surface area contributed by atoms with Crippen LogP contribution < -0.4 is 16.0 Å². The molecule has 29 heavy (non-hydrogen) atoms. The fraction of sp³-hybridized carbons (Fsp3) is 0.273. The minimum atomic E-state index is -0.181. The molecule has 7 heteroatoms. The van der Waals surface area contributed by atoms with Gasteiger partial charge in [0, 0.05) is 44.9 Å². The highest BCUT2D eigenvalue weighted by molar-refractivity contribution is 6.33. The predicted octanol–water partition coefficient (Wildman–Crippen LogP) is 3.28. The summed E-state index contributed by atoms with van der Waals surface area (Å²) in [7, 11) is 1.73. The van der Waals surface area contributed by atoms with Crippen LogP contribution in [0.2, 0.25) is 5.02 Å². The highest BCUT2D eigenvalue weighted by Gasteiger charge is 2.08. The molecule has 0 aliphatic carbocycles. The van der Waals surface area contributed by atoms with Gasteiger partial charge >= 0.3 is 0 Å². The SMILES string of the molecule is CN=C(NCCCn1ccc2ccccc21)NCCNC(=O)c1ccccc1Cl. The number of benzene rings is 2. The largest absolute Gasteiger partial charge is 0.356 e. The molecule has 1 heterocycles. The van der Waals surface area contributed by atoms with Gasteiger partial charge in [0.05, 0.1) is 10.6 Å². The summed E-state index contributed by atoms with van der Waals surface area (Å²) in [6.45, 7) is 2.78. The first kappa shape index (κ1) is 20.7. The van der Waals surface area contributed by atoms with E-state index >= 15 is 0 Å². The molecule has 0 atom stereocenters. The first-order valence-electron chi connectivity index (χ1n) is 9.70. The summed E-state index contributed by atoms with van der Waals surface area (Å²) in [5, 5.41) is 11.1. The van der Waals surface area contributed by atoms with Crippen molar-refractivity contribution in [2.45, 2.75) is 13.0 Å². The van der Waals surface area contributed by atoms with Crippen LogP contribution in [0, 0.1) is 0 Å². The van der Waals surface area contributed by atoms with Crippen molar-refractivity contribution in [2.75, 3.05) is 26.7 Å². The van der Waals surface area contributed by atoms with Crippen LogP contribution in [0.1, 0.15) is 16.8 Å². The third-order valence-corrected chi connectivity index (χ3v) is 4.92. The minimum absolute atomic E-state index is 0.181. The molecule has 3 aromatic rings. The Hall–Kier alpha value is -2.99. The second-order valence-corrected chi connectivity index (χ2v) is 6.99. The van der Waals surface area contributed by atoms with Crippen molar-refractivity contribution in [3.8, 4) is 0 Å². The van der Waals surface area contributed by atoms with Gasteiger partial charge in [-0.2, -0.15) is 0 Å². The van der Waals surface area contributed by atoms with Crippen molar-refractivity contribution in [3.05, 3.63) is 71.4 Å². The van der Waals surface area contributed by atoms with E-state index in [2.05, 4.69) is 62.0 Å².